The number of furan rings is 1. The van der Waals surface area contributed by atoms with Crippen LogP contribution in [0.3, 0.4) is 0 Å². The van der Waals surface area contributed by atoms with E-state index >= 15 is 0 Å². The Labute approximate surface area is 122 Å². The summed E-state index contributed by atoms with van der Waals surface area (Å²) >= 11 is 0. The molecule has 7 nitrogen and oxygen atoms in total. The average Bonchev–Trinajstić information content (AvgIpc) is 2.95. The third-order valence-corrected chi connectivity index (χ3v) is 4.00. The van der Waals surface area contributed by atoms with Crippen LogP contribution in [0.1, 0.15) is 21.9 Å². The van der Waals surface area contributed by atoms with Crippen molar-refractivity contribution in [2.45, 2.75) is 18.6 Å². The van der Waals surface area contributed by atoms with Gasteiger partial charge >= 0.3 is 0 Å². The zero-order valence-electron chi connectivity index (χ0n) is 11.6. The van der Waals surface area contributed by atoms with Crippen LogP contribution >= 0.6 is 0 Å². The lowest BCUT2D eigenvalue weighted by Gasteiger charge is -2.03. The molecule has 0 aliphatic heterocycles. The highest BCUT2D eigenvalue weighted by molar-refractivity contribution is 7.89. The molecule has 0 bridgehead atoms. The van der Waals surface area contributed by atoms with Gasteiger partial charge in [-0.15, -0.1) is 0 Å². The average molecular weight is 309 g/mol. The Balaban J connectivity index is 2.04. The number of sulfonamides is 1. The molecule has 2 aromatic rings. The fraction of sp³-hybridized carbons (Fsp3) is 0.231. The van der Waals surface area contributed by atoms with Crippen LogP contribution in [0, 0.1) is 6.92 Å². The highest BCUT2D eigenvalue weighted by atomic mass is 32.2. The van der Waals surface area contributed by atoms with Crippen molar-refractivity contribution >= 4 is 15.9 Å². The second-order valence-electron chi connectivity index (χ2n) is 4.28. The molecular formula is C13H15N3O4S. The van der Waals surface area contributed by atoms with E-state index in [2.05, 4.69) is 15.0 Å². The van der Waals surface area contributed by atoms with Gasteiger partial charge in [-0.2, -0.15) is 0 Å². The lowest BCUT2D eigenvalue weighted by Crippen LogP contribution is -2.23. The first-order valence-corrected chi connectivity index (χ1v) is 7.65. The molecule has 0 aromatic carbocycles. The van der Waals surface area contributed by atoms with Crippen molar-refractivity contribution in [2.75, 3.05) is 7.05 Å². The Morgan fingerprint density at radius 1 is 1.29 bits per heavy atom. The minimum atomic E-state index is -3.69. The predicted octanol–water partition coefficient (Wildman–Crippen LogP) is 0.821. The van der Waals surface area contributed by atoms with Crippen molar-refractivity contribution in [3.05, 3.63) is 47.5 Å². The summed E-state index contributed by atoms with van der Waals surface area (Å²) in [5.74, 6) is -0.577. The van der Waals surface area contributed by atoms with Gasteiger partial charge in [0.05, 0.1) is 12.2 Å². The summed E-state index contributed by atoms with van der Waals surface area (Å²) in [6.07, 6.45) is 0. The largest absolute Gasteiger partial charge is 0.438 e. The van der Waals surface area contributed by atoms with E-state index in [9.17, 15) is 13.2 Å². The molecule has 2 aromatic heterocycles. The molecule has 2 heterocycles. The van der Waals surface area contributed by atoms with E-state index in [-0.39, 0.29) is 17.4 Å². The topological polar surface area (TPSA) is 101 Å². The molecule has 0 fully saturated rings. The van der Waals surface area contributed by atoms with Gasteiger partial charge in [-0.1, -0.05) is 6.07 Å². The summed E-state index contributed by atoms with van der Waals surface area (Å²) in [5.41, 5.74) is 1.56. The first-order chi connectivity index (χ1) is 9.92. The van der Waals surface area contributed by atoms with Gasteiger partial charge in [0.15, 0.2) is 5.76 Å². The Morgan fingerprint density at radius 2 is 2.05 bits per heavy atom. The van der Waals surface area contributed by atoms with E-state index in [0.29, 0.717) is 5.69 Å². The number of hydrogen-bond donors (Lipinski definition) is 2. The number of carbonyl (C=O) groups is 1. The van der Waals surface area contributed by atoms with Crippen molar-refractivity contribution in [2.24, 2.45) is 0 Å². The Morgan fingerprint density at radius 3 is 2.71 bits per heavy atom. The molecule has 21 heavy (non-hydrogen) atoms. The zero-order valence-corrected chi connectivity index (χ0v) is 12.4. The van der Waals surface area contributed by atoms with Gasteiger partial charge in [-0.25, -0.2) is 13.1 Å². The molecule has 0 aliphatic rings. The van der Waals surface area contributed by atoms with Crippen LogP contribution in [0.25, 0.3) is 0 Å². The third kappa shape index (κ3) is 3.67. The van der Waals surface area contributed by atoms with Gasteiger partial charge in [0.25, 0.3) is 15.9 Å². The van der Waals surface area contributed by atoms with Gasteiger partial charge in [0, 0.05) is 5.69 Å². The highest BCUT2D eigenvalue weighted by Gasteiger charge is 2.19. The lowest BCUT2D eigenvalue weighted by molar-refractivity contribution is 0.0917. The number of aromatic nitrogens is 1. The minimum Gasteiger partial charge on any atom is -0.438 e. The summed E-state index contributed by atoms with van der Waals surface area (Å²) < 4.78 is 30.2. The molecular weight excluding hydrogens is 294 g/mol. The number of amides is 1. The van der Waals surface area contributed by atoms with Crippen LogP contribution in [0.5, 0.6) is 0 Å². The van der Waals surface area contributed by atoms with E-state index in [1.54, 1.807) is 6.07 Å². The zero-order chi connectivity index (χ0) is 15.5. The van der Waals surface area contributed by atoms with Crippen LogP contribution < -0.4 is 10.0 Å². The molecule has 0 spiro atoms. The fourth-order valence-electron chi connectivity index (χ4n) is 1.64. The van der Waals surface area contributed by atoms with Crippen molar-refractivity contribution in [3.8, 4) is 0 Å². The van der Waals surface area contributed by atoms with Crippen molar-refractivity contribution in [1.29, 1.82) is 0 Å². The number of nitrogens with one attached hydrogen (secondary N) is 2. The minimum absolute atomic E-state index is 0.0727. The van der Waals surface area contributed by atoms with Gasteiger partial charge in [-0.05, 0) is 38.2 Å². The Kier molecular flexibility index (Phi) is 4.39. The maximum Gasteiger partial charge on any atom is 0.287 e. The van der Waals surface area contributed by atoms with E-state index in [1.165, 1.54) is 19.2 Å². The first kappa shape index (κ1) is 15.2. The van der Waals surface area contributed by atoms with Crippen LogP contribution in [-0.4, -0.2) is 26.4 Å². The summed E-state index contributed by atoms with van der Waals surface area (Å²) in [4.78, 5) is 16.1. The summed E-state index contributed by atoms with van der Waals surface area (Å²) in [6, 6.07) is 8.02. The highest BCUT2D eigenvalue weighted by Crippen LogP contribution is 2.13. The summed E-state index contributed by atoms with van der Waals surface area (Å²) in [6.45, 7) is 2.09. The van der Waals surface area contributed by atoms with E-state index in [1.807, 2.05) is 19.1 Å². The van der Waals surface area contributed by atoms with Crippen molar-refractivity contribution in [3.63, 3.8) is 0 Å². The summed E-state index contributed by atoms with van der Waals surface area (Å²) in [7, 11) is -2.43. The molecule has 1 amide bonds. The normalized spacial score (nSPS) is 11.3. The number of hydrogen-bond acceptors (Lipinski definition) is 5. The van der Waals surface area contributed by atoms with Gasteiger partial charge in [0.1, 0.15) is 0 Å². The molecule has 0 atom stereocenters. The third-order valence-electron chi connectivity index (χ3n) is 2.71. The second kappa shape index (κ2) is 6.06. The van der Waals surface area contributed by atoms with Gasteiger partial charge < -0.3 is 9.73 Å². The first-order valence-electron chi connectivity index (χ1n) is 6.16. The van der Waals surface area contributed by atoms with Crippen LogP contribution in [0.15, 0.2) is 39.8 Å². The monoisotopic (exact) mass is 309 g/mol. The van der Waals surface area contributed by atoms with Crippen LogP contribution in [-0.2, 0) is 16.6 Å². The summed E-state index contributed by atoms with van der Waals surface area (Å²) in [5, 5.41) is 2.31. The smallest absolute Gasteiger partial charge is 0.287 e. The van der Waals surface area contributed by atoms with Crippen molar-refractivity contribution in [1.82, 2.24) is 15.0 Å². The number of rotatable bonds is 5. The molecule has 0 radical (unpaired) electrons. The number of carbonyl (C=O) groups excluding carboxylic acids is 1. The van der Waals surface area contributed by atoms with E-state index in [4.69, 9.17) is 4.42 Å². The van der Waals surface area contributed by atoms with Crippen LogP contribution in [0.2, 0.25) is 0 Å². The van der Waals surface area contributed by atoms with Gasteiger partial charge in [-0.3, -0.25) is 9.78 Å². The molecule has 8 heteroatoms. The maximum absolute atomic E-state index is 11.9. The molecule has 2 N–H and O–H groups in total. The second-order valence-corrected chi connectivity index (χ2v) is 6.10. The maximum atomic E-state index is 11.9. The number of nitrogens with zero attached hydrogens (tertiary/aromatic N) is 1. The predicted molar refractivity (Wildman–Crippen MR) is 75.1 cm³/mol. The van der Waals surface area contributed by atoms with E-state index in [0.717, 1.165) is 5.69 Å². The molecule has 2 rings (SSSR count). The van der Waals surface area contributed by atoms with Crippen molar-refractivity contribution < 1.29 is 17.6 Å². The molecule has 0 aliphatic carbocycles. The SMILES string of the molecule is CNS(=O)(=O)c1ccc(C(=O)NCc2cccc(C)n2)o1. The standard InChI is InChI=1S/C13H15N3O4S/c1-9-4-3-5-10(16-9)8-15-13(17)11-6-7-12(20-11)21(18,19)14-2/h3-7,14H,8H2,1-2H3,(H,15,17). The van der Waals surface area contributed by atoms with E-state index < -0.39 is 15.9 Å². The number of aryl methyl sites for hydroxylation is 1. The van der Waals surface area contributed by atoms with Crippen LogP contribution in [0.4, 0.5) is 0 Å². The quantitative estimate of drug-likeness (QED) is 0.851. The molecule has 0 saturated heterocycles. The molecule has 0 unspecified atom stereocenters. The molecule has 0 saturated carbocycles. The lowest BCUT2D eigenvalue weighted by atomic mass is 10.3. The van der Waals surface area contributed by atoms with Gasteiger partial charge in [0.2, 0.25) is 5.09 Å². The number of pyridine rings is 1. The fourth-order valence-corrected chi connectivity index (χ4v) is 2.29. The Hall–Kier alpha value is -2.19. The Bertz CT molecular complexity index is 752. The molecule has 112 valence electrons.